The zero-order valence-electron chi connectivity index (χ0n) is 11.8. The van der Waals surface area contributed by atoms with Crippen molar-refractivity contribution in [2.24, 2.45) is 5.92 Å². The molecule has 2 rings (SSSR count). The van der Waals surface area contributed by atoms with Crippen LogP contribution < -0.4 is 10.0 Å². The van der Waals surface area contributed by atoms with Crippen molar-refractivity contribution in [1.82, 2.24) is 23.9 Å². The molecule has 8 heteroatoms. The highest BCUT2D eigenvalue weighted by Crippen LogP contribution is 2.18. The van der Waals surface area contributed by atoms with Crippen LogP contribution in [0.25, 0.3) is 0 Å². The van der Waals surface area contributed by atoms with E-state index in [0.717, 1.165) is 19.4 Å². The second-order valence-electron chi connectivity index (χ2n) is 5.10. The van der Waals surface area contributed by atoms with Gasteiger partial charge in [0.2, 0.25) is 0 Å². The molecule has 2 N–H and O–H groups in total. The fourth-order valence-electron chi connectivity index (χ4n) is 2.46. The topological polar surface area (TPSA) is 79.3 Å². The number of aromatic nitrogens is 2. The van der Waals surface area contributed by atoms with Crippen molar-refractivity contribution in [3.8, 4) is 0 Å². The van der Waals surface area contributed by atoms with E-state index in [4.69, 9.17) is 0 Å². The molecule has 0 saturated carbocycles. The highest BCUT2D eigenvalue weighted by molar-refractivity contribution is 7.87. The monoisotopic (exact) mass is 301 g/mol. The molecule has 0 amide bonds. The summed E-state index contributed by atoms with van der Waals surface area (Å²) in [6.45, 7) is 3.14. The molecule has 7 nitrogen and oxygen atoms in total. The van der Waals surface area contributed by atoms with E-state index in [9.17, 15) is 8.42 Å². The van der Waals surface area contributed by atoms with Crippen molar-refractivity contribution in [2.75, 3.05) is 33.2 Å². The highest BCUT2D eigenvalue weighted by Gasteiger charge is 2.27. The smallest absolute Gasteiger partial charge is 0.279 e. The molecule has 1 aromatic heterocycles. The van der Waals surface area contributed by atoms with Gasteiger partial charge in [-0.2, -0.15) is 12.7 Å². The molecule has 2 heterocycles. The molecule has 114 valence electrons. The van der Waals surface area contributed by atoms with Gasteiger partial charge in [-0.3, -0.25) is 0 Å². The summed E-state index contributed by atoms with van der Waals surface area (Å²) < 4.78 is 30.4. The Morgan fingerprint density at radius 3 is 2.70 bits per heavy atom. The number of rotatable bonds is 7. The van der Waals surface area contributed by atoms with Crippen molar-refractivity contribution in [3.05, 3.63) is 18.7 Å². The van der Waals surface area contributed by atoms with E-state index in [2.05, 4.69) is 15.0 Å². The summed E-state index contributed by atoms with van der Waals surface area (Å²) in [6, 6.07) is 0. The Balaban J connectivity index is 1.76. The fourth-order valence-corrected chi connectivity index (χ4v) is 3.68. The quantitative estimate of drug-likeness (QED) is 0.721. The van der Waals surface area contributed by atoms with E-state index in [1.807, 2.05) is 17.8 Å². The van der Waals surface area contributed by atoms with Gasteiger partial charge in [0.1, 0.15) is 0 Å². The number of nitrogens with zero attached hydrogens (tertiary/aromatic N) is 3. The van der Waals surface area contributed by atoms with Crippen LogP contribution in [0, 0.1) is 5.92 Å². The van der Waals surface area contributed by atoms with Gasteiger partial charge in [0.25, 0.3) is 10.2 Å². The van der Waals surface area contributed by atoms with E-state index in [1.165, 1.54) is 0 Å². The van der Waals surface area contributed by atoms with Crippen LogP contribution in [0.15, 0.2) is 18.7 Å². The van der Waals surface area contributed by atoms with Crippen LogP contribution in [0.3, 0.4) is 0 Å². The average molecular weight is 301 g/mol. The zero-order chi connectivity index (χ0) is 14.4. The number of hydrogen-bond acceptors (Lipinski definition) is 4. The van der Waals surface area contributed by atoms with Crippen LogP contribution in [0.2, 0.25) is 0 Å². The first-order chi connectivity index (χ1) is 9.62. The van der Waals surface area contributed by atoms with Crippen molar-refractivity contribution >= 4 is 10.2 Å². The Bertz CT molecular complexity index is 480. The molecule has 1 aliphatic rings. The Hall–Kier alpha value is -0.960. The third-order valence-corrected chi connectivity index (χ3v) is 5.23. The minimum atomic E-state index is -3.35. The molecule has 0 spiro atoms. The Labute approximate surface area is 120 Å². The lowest BCUT2D eigenvalue weighted by molar-refractivity contribution is 0.268. The molecule has 0 aliphatic carbocycles. The largest absolute Gasteiger partial charge is 0.336 e. The second kappa shape index (κ2) is 7.16. The van der Waals surface area contributed by atoms with E-state index in [0.29, 0.717) is 32.1 Å². The van der Waals surface area contributed by atoms with Crippen LogP contribution in [0.5, 0.6) is 0 Å². The summed E-state index contributed by atoms with van der Waals surface area (Å²) in [5, 5.41) is 3.15. The van der Waals surface area contributed by atoms with Crippen LogP contribution in [0.4, 0.5) is 0 Å². The van der Waals surface area contributed by atoms with Gasteiger partial charge in [0, 0.05) is 38.6 Å². The first-order valence-corrected chi connectivity index (χ1v) is 8.41. The first kappa shape index (κ1) is 15.4. The van der Waals surface area contributed by atoms with Crippen LogP contribution in [-0.2, 0) is 16.8 Å². The summed E-state index contributed by atoms with van der Waals surface area (Å²) >= 11 is 0. The number of imidazole rings is 1. The van der Waals surface area contributed by atoms with Gasteiger partial charge in [-0.15, -0.1) is 0 Å². The molecule has 0 atom stereocenters. The van der Waals surface area contributed by atoms with E-state index >= 15 is 0 Å². The average Bonchev–Trinajstić information content (AvgIpc) is 2.93. The third-order valence-electron chi connectivity index (χ3n) is 3.62. The van der Waals surface area contributed by atoms with Gasteiger partial charge in [-0.25, -0.2) is 9.71 Å². The van der Waals surface area contributed by atoms with Crippen molar-refractivity contribution in [3.63, 3.8) is 0 Å². The maximum atomic E-state index is 12.2. The number of hydrogen-bond donors (Lipinski definition) is 2. The molecule has 1 aliphatic heterocycles. The second-order valence-corrected chi connectivity index (χ2v) is 6.86. The molecule has 0 aromatic carbocycles. The lowest BCUT2D eigenvalue weighted by Crippen LogP contribution is -2.46. The predicted molar refractivity (Wildman–Crippen MR) is 77.4 cm³/mol. The van der Waals surface area contributed by atoms with Crippen LogP contribution in [0.1, 0.15) is 12.8 Å². The van der Waals surface area contributed by atoms with Gasteiger partial charge in [-0.05, 0) is 32.4 Å². The normalized spacial score (nSPS) is 18.4. The standard InChI is InChI=1S/C12H23N5O2S/c1-13-10-12-2-6-17(7-3-12)20(18,19)15-5-9-16-8-4-14-11-16/h4,8,11-13,15H,2-3,5-7,9-10H2,1H3. The molecule has 0 bridgehead atoms. The summed E-state index contributed by atoms with van der Waals surface area (Å²) in [7, 11) is -1.41. The van der Waals surface area contributed by atoms with Gasteiger partial charge in [-0.1, -0.05) is 0 Å². The number of piperidine rings is 1. The number of nitrogens with one attached hydrogen (secondary N) is 2. The first-order valence-electron chi connectivity index (χ1n) is 6.97. The van der Waals surface area contributed by atoms with Gasteiger partial charge in [0.15, 0.2) is 0 Å². The Kier molecular flexibility index (Phi) is 5.53. The fraction of sp³-hybridized carbons (Fsp3) is 0.750. The summed E-state index contributed by atoms with van der Waals surface area (Å²) in [5.74, 6) is 0.581. The molecule has 1 fully saturated rings. The van der Waals surface area contributed by atoms with Gasteiger partial charge < -0.3 is 9.88 Å². The molecule has 0 radical (unpaired) electrons. The Morgan fingerprint density at radius 1 is 1.35 bits per heavy atom. The molecule has 1 saturated heterocycles. The lowest BCUT2D eigenvalue weighted by Gasteiger charge is -2.31. The SMILES string of the molecule is CNCC1CCN(S(=O)(=O)NCCn2ccnc2)CC1. The predicted octanol–water partition coefficient (Wildman–Crippen LogP) is -0.351. The minimum Gasteiger partial charge on any atom is -0.336 e. The van der Waals surface area contributed by atoms with Crippen molar-refractivity contribution in [2.45, 2.75) is 19.4 Å². The lowest BCUT2D eigenvalue weighted by atomic mass is 9.98. The van der Waals surface area contributed by atoms with E-state index < -0.39 is 10.2 Å². The minimum absolute atomic E-state index is 0.384. The molecule has 20 heavy (non-hydrogen) atoms. The Morgan fingerprint density at radius 2 is 2.10 bits per heavy atom. The maximum absolute atomic E-state index is 12.2. The van der Waals surface area contributed by atoms with Crippen molar-refractivity contribution in [1.29, 1.82) is 0 Å². The van der Waals surface area contributed by atoms with Crippen LogP contribution >= 0.6 is 0 Å². The van der Waals surface area contributed by atoms with Crippen molar-refractivity contribution < 1.29 is 8.42 Å². The van der Waals surface area contributed by atoms with Gasteiger partial charge >= 0.3 is 0 Å². The zero-order valence-corrected chi connectivity index (χ0v) is 12.6. The molecule has 1 aromatic rings. The summed E-state index contributed by atoms with van der Waals surface area (Å²) in [6.07, 6.45) is 7.02. The van der Waals surface area contributed by atoms with E-state index in [1.54, 1.807) is 16.8 Å². The van der Waals surface area contributed by atoms with E-state index in [-0.39, 0.29) is 0 Å². The highest BCUT2D eigenvalue weighted by atomic mass is 32.2. The van der Waals surface area contributed by atoms with Crippen LogP contribution in [-0.4, -0.2) is 55.5 Å². The van der Waals surface area contributed by atoms with Gasteiger partial charge in [0.05, 0.1) is 6.33 Å². The maximum Gasteiger partial charge on any atom is 0.279 e. The molecular formula is C12H23N5O2S. The summed E-state index contributed by atoms with van der Waals surface area (Å²) in [4.78, 5) is 3.92. The molecule has 0 unspecified atom stereocenters. The summed E-state index contributed by atoms with van der Waals surface area (Å²) in [5.41, 5.74) is 0. The molecular weight excluding hydrogens is 278 g/mol. The third kappa shape index (κ3) is 4.27.